The molecule has 0 aliphatic carbocycles. The zero-order chi connectivity index (χ0) is 20.6. The Bertz CT molecular complexity index is 1000. The van der Waals surface area contributed by atoms with E-state index in [0.717, 1.165) is 10.6 Å². The Morgan fingerprint density at radius 2 is 1.61 bits per heavy atom. The topological polar surface area (TPSA) is 29.9 Å². The van der Waals surface area contributed by atoms with Gasteiger partial charge in [0.1, 0.15) is 23.3 Å². The maximum absolute atomic E-state index is 14.4. The molecule has 28 heavy (non-hydrogen) atoms. The Hall–Kier alpha value is -2.97. The van der Waals surface area contributed by atoms with Crippen molar-refractivity contribution < 1.29 is 26.3 Å². The van der Waals surface area contributed by atoms with Crippen molar-refractivity contribution in [2.75, 3.05) is 5.32 Å². The number of hydrogen-bond acceptors (Lipinski definition) is 2. The average Bonchev–Trinajstić information content (AvgIpc) is 2.96. The van der Waals surface area contributed by atoms with Gasteiger partial charge >= 0.3 is 6.18 Å². The average molecular weight is 399 g/mol. The van der Waals surface area contributed by atoms with Crippen molar-refractivity contribution in [1.82, 2.24) is 9.55 Å². The molecule has 1 aromatic heterocycles. The number of nitrogens with zero attached hydrogens (tertiary/aromatic N) is 2. The van der Waals surface area contributed by atoms with Crippen LogP contribution in [0.5, 0.6) is 0 Å². The van der Waals surface area contributed by atoms with E-state index in [-0.39, 0.29) is 29.3 Å². The van der Waals surface area contributed by atoms with Crippen LogP contribution in [0.4, 0.5) is 32.0 Å². The molecule has 0 amide bonds. The summed E-state index contributed by atoms with van der Waals surface area (Å²) in [5, 5.41) is 2.70. The van der Waals surface area contributed by atoms with E-state index in [9.17, 15) is 26.3 Å². The van der Waals surface area contributed by atoms with Gasteiger partial charge in [0.05, 0.1) is 5.69 Å². The molecule has 0 aliphatic heterocycles. The lowest BCUT2D eigenvalue weighted by molar-refractivity contribution is -0.141. The van der Waals surface area contributed by atoms with Crippen molar-refractivity contribution in [1.29, 1.82) is 0 Å². The predicted molar refractivity (Wildman–Crippen MR) is 91.7 cm³/mol. The second-order valence-corrected chi connectivity index (χ2v) is 6.27. The van der Waals surface area contributed by atoms with Crippen molar-refractivity contribution in [3.8, 4) is 5.69 Å². The van der Waals surface area contributed by atoms with E-state index in [4.69, 9.17) is 0 Å². The molecule has 0 spiro atoms. The first-order valence-electron chi connectivity index (χ1n) is 8.18. The lowest BCUT2D eigenvalue weighted by Gasteiger charge is -2.12. The third-order valence-electron chi connectivity index (χ3n) is 4.13. The van der Waals surface area contributed by atoms with Gasteiger partial charge in [-0.3, -0.25) is 0 Å². The molecule has 0 bridgehead atoms. The number of nitrogens with one attached hydrogen (secondary N) is 1. The van der Waals surface area contributed by atoms with Gasteiger partial charge in [-0.25, -0.2) is 18.2 Å². The number of aryl methyl sites for hydroxylation is 2. The van der Waals surface area contributed by atoms with Crippen LogP contribution in [0, 0.1) is 31.3 Å². The third kappa shape index (κ3) is 3.97. The number of imidazole rings is 1. The third-order valence-corrected chi connectivity index (χ3v) is 4.13. The van der Waals surface area contributed by atoms with E-state index in [1.807, 2.05) is 0 Å². The first-order valence-corrected chi connectivity index (χ1v) is 8.18. The summed E-state index contributed by atoms with van der Waals surface area (Å²) in [6, 6.07) is 6.06. The summed E-state index contributed by atoms with van der Waals surface area (Å²) in [7, 11) is 0. The van der Waals surface area contributed by atoms with E-state index < -0.39 is 29.3 Å². The minimum atomic E-state index is -4.64. The molecule has 1 N–H and O–H groups in total. The van der Waals surface area contributed by atoms with Crippen LogP contribution >= 0.6 is 0 Å². The first kappa shape index (κ1) is 19.8. The van der Waals surface area contributed by atoms with Crippen LogP contribution in [0.15, 0.2) is 36.5 Å². The van der Waals surface area contributed by atoms with E-state index >= 15 is 0 Å². The molecule has 148 valence electrons. The van der Waals surface area contributed by atoms with Crippen molar-refractivity contribution in [3.05, 3.63) is 76.6 Å². The highest BCUT2D eigenvalue weighted by molar-refractivity contribution is 5.51. The highest BCUT2D eigenvalue weighted by atomic mass is 19.4. The van der Waals surface area contributed by atoms with Gasteiger partial charge in [-0.2, -0.15) is 13.2 Å². The van der Waals surface area contributed by atoms with E-state index in [0.29, 0.717) is 11.8 Å². The van der Waals surface area contributed by atoms with Crippen LogP contribution in [0.3, 0.4) is 0 Å². The molecule has 0 aliphatic rings. The fourth-order valence-electron chi connectivity index (χ4n) is 2.75. The zero-order valence-electron chi connectivity index (χ0n) is 14.8. The number of benzene rings is 2. The standard InChI is InChI=1S/C19H15F6N3/c1-10-5-14(20)13(15(21)6-10)8-26-12-3-4-17(16(22)7-12)28-9-18(19(23,24)25)27-11(28)2/h3-7,9,26H,8H2,1-2H3. The van der Waals surface area contributed by atoms with Crippen molar-refractivity contribution in [2.45, 2.75) is 26.6 Å². The number of alkyl halides is 3. The smallest absolute Gasteiger partial charge is 0.381 e. The summed E-state index contributed by atoms with van der Waals surface area (Å²) < 4.78 is 81.5. The maximum atomic E-state index is 14.4. The molecule has 9 heteroatoms. The van der Waals surface area contributed by atoms with Crippen molar-refractivity contribution in [3.63, 3.8) is 0 Å². The number of hydrogen-bond donors (Lipinski definition) is 1. The lowest BCUT2D eigenvalue weighted by Crippen LogP contribution is -2.06. The Labute approximate surface area is 156 Å². The summed E-state index contributed by atoms with van der Waals surface area (Å²) in [5.74, 6) is -2.30. The van der Waals surface area contributed by atoms with Gasteiger partial charge < -0.3 is 9.88 Å². The van der Waals surface area contributed by atoms with E-state index in [1.54, 1.807) is 6.92 Å². The molecular weight excluding hydrogens is 384 g/mol. The van der Waals surface area contributed by atoms with E-state index in [1.165, 1.54) is 31.2 Å². The number of rotatable bonds is 4. The molecule has 0 saturated carbocycles. The van der Waals surface area contributed by atoms with Gasteiger partial charge in [0.2, 0.25) is 0 Å². The predicted octanol–water partition coefficient (Wildman–Crippen LogP) is 5.54. The second-order valence-electron chi connectivity index (χ2n) is 6.27. The Kier molecular flexibility index (Phi) is 5.10. The highest BCUT2D eigenvalue weighted by Gasteiger charge is 2.34. The molecule has 0 saturated heterocycles. The summed E-state index contributed by atoms with van der Waals surface area (Å²) in [4.78, 5) is 3.40. The molecule has 1 heterocycles. The summed E-state index contributed by atoms with van der Waals surface area (Å²) >= 11 is 0. The molecule has 3 nitrogen and oxygen atoms in total. The SMILES string of the molecule is Cc1cc(F)c(CNc2ccc(-n3cc(C(F)(F)F)nc3C)c(F)c2)c(F)c1. The molecule has 0 fully saturated rings. The zero-order valence-corrected chi connectivity index (χ0v) is 14.8. The fourth-order valence-corrected chi connectivity index (χ4v) is 2.75. The van der Waals surface area contributed by atoms with Gasteiger partial charge in [0, 0.05) is 24.0 Å². The largest absolute Gasteiger partial charge is 0.434 e. The van der Waals surface area contributed by atoms with Crippen molar-refractivity contribution >= 4 is 5.69 Å². The monoisotopic (exact) mass is 399 g/mol. The molecule has 0 radical (unpaired) electrons. The molecule has 0 atom stereocenters. The van der Waals surface area contributed by atoms with Gasteiger partial charge in [0.15, 0.2) is 5.69 Å². The van der Waals surface area contributed by atoms with Crippen LogP contribution in [-0.2, 0) is 12.7 Å². The quantitative estimate of drug-likeness (QED) is 0.584. The molecule has 3 rings (SSSR count). The minimum Gasteiger partial charge on any atom is -0.381 e. The van der Waals surface area contributed by atoms with E-state index in [2.05, 4.69) is 10.3 Å². The Balaban J connectivity index is 1.83. The van der Waals surface area contributed by atoms with Crippen LogP contribution in [0.1, 0.15) is 22.6 Å². The summed E-state index contributed by atoms with van der Waals surface area (Å²) in [6.07, 6.45) is -3.94. The molecule has 2 aromatic carbocycles. The number of aromatic nitrogens is 2. The highest BCUT2D eigenvalue weighted by Crippen LogP contribution is 2.30. The Morgan fingerprint density at radius 3 is 2.14 bits per heavy atom. The van der Waals surface area contributed by atoms with Crippen LogP contribution in [0.2, 0.25) is 0 Å². The number of anilines is 1. The lowest BCUT2D eigenvalue weighted by atomic mass is 10.1. The van der Waals surface area contributed by atoms with Crippen molar-refractivity contribution in [2.24, 2.45) is 0 Å². The normalized spacial score (nSPS) is 11.7. The number of halogens is 6. The second kappa shape index (κ2) is 7.21. The maximum Gasteiger partial charge on any atom is 0.434 e. The minimum absolute atomic E-state index is 0.0317. The van der Waals surface area contributed by atoms with Gasteiger partial charge in [0.25, 0.3) is 0 Å². The van der Waals surface area contributed by atoms with Gasteiger partial charge in [-0.05, 0) is 49.7 Å². The summed E-state index contributed by atoms with van der Waals surface area (Å²) in [5.41, 5.74) is -0.802. The van der Waals surface area contributed by atoms with Crippen LogP contribution in [-0.4, -0.2) is 9.55 Å². The van der Waals surface area contributed by atoms with Gasteiger partial charge in [-0.1, -0.05) is 0 Å². The van der Waals surface area contributed by atoms with Crippen LogP contribution < -0.4 is 5.32 Å². The first-order chi connectivity index (χ1) is 13.1. The molecule has 0 unspecified atom stereocenters. The van der Waals surface area contributed by atoms with Gasteiger partial charge in [-0.15, -0.1) is 0 Å². The summed E-state index contributed by atoms with van der Waals surface area (Å²) in [6.45, 7) is 2.66. The molecular formula is C19H15F6N3. The van der Waals surface area contributed by atoms with Crippen LogP contribution in [0.25, 0.3) is 5.69 Å². The Morgan fingerprint density at radius 1 is 0.964 bits per heavy atom. The fraction of sp³-hybridized carbons (Fsp3) is 0.211. The molecule has 3 aromatic rings.